The molecule has 1 nitrogen and oxygen atoms in total. The molecule has 1 aliphatic heterocycles. The summed E-state index contributed by atoms with van der Waals surface area (Å²) in [5.74, 6) is 0. The van der Waals surface area contributed by atoms with Crippen molar-refractivity contribution in [3.63, 3.8) is 0 Å². The van der Waals surface area contributed by atoms with Crippen LogP contribution >= 0.6 is 23.1 Å². The van der Waals surface area contributed by atoms with Crippen LogP contribution < -0.4 is 4.57 Å². The summed E-state index contributed by atoms with van der Waals surface area (Å²) in [6, 6.07) is 30.9. The number of rotatable bonds is 2. The largest absolute Gasteiger partial charge is 0.299 e. The van der Waals surface area contributed by atoms with Gasteiger partial charge in [-0.2, -0.15) is 4.57 Å². The lowest BCUT2D eigenvalue weighted by atomic mass is 9.98. The lowest BCUT2D eigenvalue weighted by Crippen LogP contribution is -2.38. The molecule has 0 saturated carbocycles. The molecule has 0 spiro atoms. The van der Waals surface area contributed by atoms with E-state index in [9.17, 15) is 0 Å². The lowest BCUT2D eigenvalue weighted by Gasteiger charge is -2.15. The number of fused-ring (bicyclic) bond motifs is 3. The fourth-order valence-corrected chi connectivity index (χ4v) is 6.44. The third-order valence-corrected chi connectivity index (χ3v) is 7.24. The van der Waals surface area contributed by atoms with Gasteiger partial charge in [-0.05, 0) is 23.4 Å². The lowest BCUT2D eigenvalue weighted by molar-refractivity contribution is -0.712. The summed E-state index contributed by atoms with van der Waals surface area (Å²) in [6.45, 7) is 0. The molecule has 5 rings (SSSR count). The molecule has 0 fully saturated rings. The SMILES string of the molecule is c1ccc([C@H]2Sc3sc4ccccc4[n+]3[C@@H]2c2ccccc2)cc1. The van der Waals surface area contributed by atoms with Crippen LogP contribution in [0.5, 0.6) is 0 Å². The van der Waals surface area contributed by atoms with E-state index in [0.29, 0.717) is 11.3 Å². The summed E-state index contributed by atoms with van der Waals surface area (Å²) in [7, 11) is 0. The van der Waals surface area contributed by atoms with E-state index in [-0.39, 0.29) is 0 Å². The van der Waals surface area contributed by atoms with Gasteiger partial charge in [0.1, 0.15) is 9.95 Å². The highest BCUT2D eigenvalue weighted by Crippen LogP contribution is 2.51. The second-order valence-electron chi connectivity index (χ2n) is 6.01. The second-order valence-corrected chi connectivity index (χ2v) is 8.43. The molecule has 1 aromatic heterocycles. The Morgan fingerprint density at radius 2 is 1.29 bits per heavy atom. The maximum absolute atomic E-state index is 2.54. The third kappa shape index (κ3) is 2.20. The van der Waals surface area contributed by atoms with Crippen molar-refractivity contribution in [1.82, 2.24) is 0 Å². The highest BCUT2D eigenvalue weighted by atomic mass is 32.2. The van der Waals surface area contributed by atoms with E-state index in [2.05, 4.69) is 89.5 Å². The Hall–Kier alpha value is -2.10. The van der Waals surface area contributed by atoms with Crippen molar-refractivity contribution in [2.24, 2.45) is 0 Å². The molecule has 2 heterocycles. The zero-order chi connectivity index (χ0) is 15.9. The molecule has 0 bridgehead atoms. The molecule has 0 aliphatic carbocycles. The first-order valence-electron chi connectivity index (χ1n) is 8.11. The second kappa shape index (κ2) is 5.76. The van der Waals surface area contributed by atoms with Gasteiger partial charge in [-0.25, -0.2) is 0 Å². The number of benzene rings is 3. The summed E-state index contributed by atoms with van der Waals surface area (Å²) < 4.78 is 5.31. The molecule has 24 heavy (non-hydrogen) atoms. The van der Waals surface area contributed by atoms with Crippen LogP contribution in [0.15, 0.2) is 89.3 Å². The topological polar surface area (TPSA) is 3.88 Å². The predicted octanol–water partition coefficient (Wildman–Crippen LogP) is 5.63. The fraction of sp³-hybridized carbons (Fsp3) is 0.0952. The van der Waals surface area contributed by atoms with Crippen molar-refractivity contribution in [3.8, 4) is 0 Å². The zero-order valence-corrected chi connectivity index (χ0v) is 14.6. The Balaban J connectivity index is 1.74. The zero-order valence-electron chi connectivity index (χ0n) is 13.0. The fourth-order valence-electron chi connectivity index (χ4n) is 3.50. The normalized spacial score (nSPS) is 19.5. The summed E-state index contributed by atoms with van der Waals surface area (Å²) in [6.07, 6.45) is 0. The summed E-state index contributed by atoms with van der Waals surface area (Å²) in [5, 5.41) is 0.421. The molecule has 0 saturated heterocycles. The van der Waals surface area contributed by atoms with Crippen LogP contribution in [0.4, 0.5) is 0 Å². The van der Waals surface area contributed by atoms with Crippen molar-refractivity contribution >= 4 is 33.3 Å². The standard InChI is InChI=1S/C21H16NS2/c1-3-9-15(10-4-1)19-20(16-11-5-2-6-12-16)24-21-22(19)17-13-7-8-14-18(17)23-21/h1-14,19-20H/q+1/t19-,20-/m1/s1. The molecular weight excluding hydrogens is 330 g/mol. The van der Waals surface area contributed by atoms with Crippen LogP contribution in [0.3, 0.4) is 0 Å². The summed E-state index contributed by atoms with van der Waals surface area (Å²) >= 11 is 3.91. The van der Waals surface area contributed by atoms with Crippen LogP contribution in [0.25, 0.3) is 10.2 Å². The number of thiazole rings is 1. The van der Waals surface area contributed by atoms with Gasteiger partial charge in [0.05, 0.1) is 0 Å². The molecular formula is C21H16NS2+. The first-order chi connectivity index (χ1) is 11.9. The molecule has 0 unspecified atom stereocenters. The number of para-hydroxylation sites is 1. The van der Waals surface area contributed by atoms with Gasteiger partial charge in [-0.3, -0.25) is 0 Å². The molecule has 2 atom stereocenters. The third-order valence-electron chi connectivity index (χ3n) is 4.58. The number of aromatic nitrogens is 1. The molecule has 3 heteroatoms. The maximum atomic E-state index is 2.54. The van der Waals surface area contributed by atoms with E-state index in [1.807, 2.05) is 23.1 Å². The van der Waals surface area contributed by atoms with Gasteiger partial charge >= 0.3 is 0 Å². The van der Waals surface area contributed by atoms with Crippen molar-refractivity contribution in [2.45, 2.75) is 15.6 Å². The van der Waals surface area contributed by atoms with Gasteiger partial charge in [-0.1, -0.05) is 84.1 Å². The molecule has 3 aromatic carbocycles. The van der Waals surface area contributed by atoms with Crippen LogP contribution in [0.2, 0.25) is 0 Å². The Labute approximate surface area is 149 Å². The van der Waals surface area contributed by atoms with Crippen molar-refractivity contribution in [3.05, 3.63) is 96.1 Å². The van der Waals surface area contributed by atoms with Crippen LogP contribution in [0.1, 0.15) is 22.4 Å². The summed E-state index contributed by atoms with van der Waals surface area (Å²) in [4.78, 5) is 0. The highest BCUT2D eigenvalue weighted by molar-refractivity contribution is 8.01. The highest BCUT2D eigenvalue weighted by Gasteiger charge is 2.46. The van der Waals surface area contributed by atoms with E-state index in [1.165, 1.54) is 25.7 Å². The first kappa shape index (κ1) is 14.3. The van der Waals surface area contributed by atoms with Crippen molar-refractivity contribution in [1.29, 1.82) is 0 Å². The minimum absolute atomic E-state index is 0.338. The van der Waals surface area contributed by atoms with Crippen LogP contribution in [-0.2, 0) is 0 Å². The quantitative estimate of drug-likeness (QED) is 0.426. The van der Waals surface area contributed by atoms with Gasteiger partial charge < -0.3 is 0 Å². The van der Waals surface area contributed by atoms with E-state index in [4.69, 9.17) is 0 Å². The Morgan fingerprint density at radius 3 is 2.04 bits per heavy atom. The van der Waals surface area contributed by atoms with E-state index >= 15 is 0 Å². The minimum atomic E-state index is 0.338. The van der Waals surface area contributed by atoms with E-state index in [0.717, 1.165) is 0 Å². The molecule has 1 aliphatic rings. The molecule has 0 N–H and O–H groups in total. The Kier molecular flexibility index (Phi) is 3.42. The monoisotopic (exact) mass is 346 g/mol. The van der Waals surface area contributed by atoms with Gasteiger partial charge in [-0.15, -0.1) is 0 Å². The Morgan fingerprint density at radius 1 is 0.667 bits per heavy atom. The van der Waals surface area contributed by atoms with E-state index in [1.54, 1.807) is 0 Å². The Bertz CT molecular complexity index is 992. The predicted molar refractivity (Wildman–Crippen MR) is 102 cm³/mol. The van der Waals surface area contributed by atoms with Crippen LogP contribution in [0, 0.1) is 0 Å². The van der Waals surface area contributed by atoms with Gasteiger partial charge in [0.15, 0.2) is 0 Å². The molecule has 0 radical (unpaired) electrons. The van der Waals surface area contributed by atoms with Crippen molar-refractivity contribution in [2.75, 3.05) is 0 Å². The van der Waals surface area contributed by atoms with Crippen molar-refractivity contribution < 1.29 is 4.57 Å². The van der Waals surface area contributed by atoms with Gasteiger partial charge in [0.2, 0.25) is 11.6 Å². The maximum Gasteiger partial charge on any atom is 0.299 e. The number of thioether (sulfide) groups is 1. The molecule has 0 amide bonds. The average Bonchev–Trinajstić information content (AvgIpc) is 3.19. The first-order valence-corrected chi connectivity index (χ1v) is 9.81. The number of nitrogens with zero attached hydrogens (tertiary/aromatic N) is 1. The summed E-state index contributed by atoms with van der Waals surface area (Å²) in [5.41, 5.74) is 4.12. The van der Waals surface area contributed by atoms with E-state index < -0.39 is 0 Å². The molecule has 116 valence electrons. The number of hydrogen-bond acceptors (Lipinski definition) is 2. The van der Waals surface area contributed by atoms with Gasteiger partial charge in [0, 0.05) is 11.6 Å². The van der Waals surface area contributed by atoms with Gasteiger partial charge in [0.25, 0.3) is 4.34 Å². The minimum Gasteiger partial charge on any atom is -0.168 e. The number of hydrogen-bond donors (Lipinski definition) is 0. The molecule has 4 aromatic rings. The van der Waals surface area contributed by atoms with Crippen LogP contribution in [-0.4, -0.2) is 0 Å². The smallest absolute Gasteiger partial charge is 0.168 e. The average molecular weight is 347 g/mol.